The third-order valence-corrected chi connectivity index (χ3v) is 5.42. The summed E-state index contributed by atoms with van der Waals surface area (Å²) in [6, 6.07) is 0.242. The first-order valence-electron chi connectivity index (χ1n) is 6.75. The second-order valence-corrected chi connectivity index (χ2v) is 9.13. The van der Waals surface area contributed by atoms with Gasteiger partial charge in [0.1, 0.15) is 0 Å². The van der Waals surface area contributed by atoms with Crippen LogP contribution in [0, 0.1) is 0 Å². The molecule has 6 nitrogen and oxygen atoms in total. The van der Waals surface area contributed by atoms with Crippen LogP contribution in [-0.2, 0) is 27.9 Å². The third kappa shape index (κ3) is 5.10. The standard InChI is InChI=1S/C13H21ClO6Si/c1-6-7-21(14)19-10(12(15)17-8(2)3)11(20-21)13(16)18-9(4)5/h6,8-11H,1,7H2,2-5H3/t10-,11-/m1/s1. The molecule has 0 N–H and O–H groups in total. The van der Waals surface area contributed by atoms with E-state index in [1.54, 1.807) is 27.7 Å². The lowest BCUT2D eigenvalue weighted by atomic mass is 10.2. The fourth-order valence-corrected chi connectivity index (χ4v) is 4.44. The van der Waals surface area contributed by atoms with Crippen molar-refractivity contribution in [2.45, 2.75) is 58.2 Å². The Bertz CT molecular complexity index is 381. The minimum Gasteiger partial charge on any atom is -0.461 e. The highest BCUT2D eigenvalue weighted by Crippen LogP contribution is 2.33. The van der Waals surface area contributed by atoms with Gasteiger partial charge in [-0.05, 0) is 27.7 Å². The fourth-order valence-electron chi connectivity index (χ4n) is 1.74. The van der Waals surface area contributed by atoms with E-state index in [0.717, 1.165) is 0 Å². The van der Waals surface area contributed by atoms with Crippen LogP contribution in [0.1, 0.15) is 27.7 Å². The van der Waals surface area contributed by atoms with Gasteiger partial charge in [-0.3, -0.25) is 0 Å². The summed E-state index contributed by atoms with van der Waals surface area (Å²) in [5, 5.41) is 0. The van der Waals surface area contributed by atoms with Crippen molar-refractivity contribution in [1.29, 1.82) is 0 Å². The summed E-state index contributed by atoms with van der Waals surface area (Å²) in [5.41, 5.74) is 0. The molecule has 2 atom stereocenters. The van der Waals surface area contributed by atoms with Gasteiger partial charge in [0.05, 0.1) is 12.2 Å². The minimum absolute atomic E-state index is 0.242. The van der Waals surface area contributed by atoms with Crippen LogP contribution in [0.5, 0.6) is 0 Å². The maximum absolute atomic E-state index is 12.1. The van der Waals surface area contributed by atoms with Crippen molar-refractivity contribution < 1.29 is 27.9 Å². The molecule has 21 heavy (non-hydrogen) atoms. The van der Waals surface area contributed by atoms with E-state index in [1.165, 1.54) is 6.08 Å². The molecular weight excluding hydrogens is 316 g/mol. The van der Waals surface area contributed by atoms with Crippen LogP contribution in [0.4, 0.5) is 0 Å². The molecule has 1 saturated heterocycles. The zero-order valence-electron chi connectivity index (χ0n) is 12.6. The highest BCUT2D eigenvalue weighted by molar-refractivity contribution is 7.13. The molecule has 0 aromatic heterocycles. The van der Waals surface area contributed by atoms with Gasteiger partial charge in [-0.2, -0.15) is 0 Å². The van der Waals surface area contributed by atoms with Gasteiger partial charge in [0.2, 0.25) is 0 Å². The molecule has 1 aliphatic rings. The van der Waals surface area contributed by atoms with Crippen molar-refractivity contribution in [3.05, 3.63) is 12.7 Å². The second kappa shape index (κ2) is 7.39. The van der Waals surface area contributed by atoms with E-state index in [2.05, 4.69) is 6.58 Å². The number of hydrogen-bond donors (Lipinski definition) is 0. The maximum Gasteiger partial charge on any atom is 0.448 e. The van der Waals surface area contributed by atoms with Gasteiger partial charge < -0.3 is 18.3 Å². The Morgan fingerprint density at radius 2 is 1.52 bits per heavy atom. The van der Waals surface area contributed by atoms with Crippen LogP contribution in [0.25, 0.3) is 0 Å². The van der Waals surface area contributed by atoms with Gasteiger partial charge in [-0.1, -0.05) is 17.2 Å². The first-order chi connectivity index (χ1) is 9.68. The van der Waals surface area contributed by atoms with E-state index < -0.39 is 32.0 Å². The average Bonchev–Trinajstić information content (AvgIpc) is 2.66. The van der Waals surface area contributed by atoms with Gasteiger partial charge >= 0.3 is 19.8 Å². The molecule has 8 heteroatoms. The molecule has 0 bridgehead atoms. The number of esters is 2. The van der Waals surface area contributed by atoms with E-state index >= 15 is 0 Å². The smallest absolute Gasteiger partial charge is 0.448 e. The predicted molar refractivity (Wildman–Crippen MR) is 78.8 cm³/mol. The summed E-state index contributed by atoms with van der Waals surface area (Å²) in [6.07, 6.45) is -1.56. The van der Waals surface area contributed by atoms with Crippen molar-refractivity contribution in [1.82, 2.24) is 0 Å². The summed E-state index contributed by atoms with van der Waals surface area (Å²) in [4.78, 5) is 24.1. The zero-order chi connectivity index (χ0) is 16.2. The Kier molecular flexibility index (Phi) is 6.39. The van der Waals surface area contributed by atoms with E-state index in [-0.39, 0.29) is 18.3 Å². The molecule has 1 fully saturated rings. The summed E-state index contributed by atoms with van der Waals surface area (Å²) < 4.78 is 21.2. The zero-order valence-corrected chi connectivity index (χ0v) is 14.4. The molecule has 0 radical (unpaired) electrons. The van der Waals surface area contributed by atoms with Crippen LogP contribution in [0.15, 0.2) is 12.7 Å². The molecule has 0 aliphatic carbocycles. The topological polar surface area (TPSA) is 71.1 Å². The molecule has 0 spiro atoms. The lowest BCUT2D eigenvalue weighted by Crippen LogP contribution is -2.40. The summed E-state index contributed by atoms with van der Waals surface area (Å²) >= 11 is 6.23. The highest BCUT2D eigenvalue weighted by Gasteiger charge is 2.56. The van der Waals surface area contributed by atoms with E-state index in [4.69, 9.17) is 29.4 Å². The number of carbonyl (C=O) groups is 2. The molecule has 0 amide bonds. The van der Waals surface area contributed by atoms with Crippen molar-refractivity contribution in [3.63, 3.8) is 0 Å². The number of allylic oxidation sites excluding steroid dienone is 1. The summed E-state index contributed by atoms with van der Waals surface area (Å²) in [6.45, 7) is 10.4. The summed E-state index contributed by atoms with van der Waals surface area (Å²) in [5.74, 6) is -1.37. The lowest BCUT2D eigenvalue weighted by Gasteiger charge is -2.18. The highest BCUT2D eigenvalue weighted by atomic mass is 35.6. The molecule has 0 aromatic carbocycles. The van der Waals surface area contributed by atoms with Crippen molar-refractivity contribution in [3.8, 4) is 0 Å². The predicted octanol–water partition coefficient (Wildman–Crippen LogP) is 2.04. The molecule has 120 valence electrons. The maximum atomic E-state index is 12.1. The molecule has 0 unspecified atom stereocenters. The number of carbonyl (C=O) groups excluding carboxylic acids is 2. The Balaban J connectivity index is 2.91. The SMILES string of the molecule is C=CC[Si]1(Cl)O[C@@H](C(=O)OC(C)C)[C@H](C(=O)OC(C)C)O1. The molecule has 1 heterocycles. The van der Waals surface area contributed by atoms with Crippen LogP contribution < -0.4 is 0 Å². The summed E-state index contributed by atoms with van der Waals surface area (Å²) in [7, 11) is -3.19. The van der Waals surface area contributed by atoms with Crippen molar-refractivity contribution >= 4 is 30.9 Å². The largest absolute Gasteiger partial charge is 0.461 e. The van der Waals surface area contributed by atoms with E-state index in [0.29, 0.717) is 0 Å². The Labute approximate surface area is 130 Å². The van der Waals surface area contributed by atoms with Crippen molar-refractivity contribution in [2.75, 3.05) is 0 Å². The molecule has 0 saturated carbocycles. The van der Waals surface area contributed by atoms with Gasteiger partial charge in [0, 0.05) is 6.04 Å². The van der Waals surface area contributed by atoms with Gasteiger partial charge in [-0.25, -0.2) is 9.59 Å². The Morgan fingerprint density at radius 3 is 1.81 bits per heavy atom. The lowest BCUT2D eigenvalue weighted by molar-refractivity contribution is -0.167. The first-order valence-corrected chi connectivity index (χ1v) is 9.78. The third-order valence-electron chi connectivity index (χ3n) is 2.44. The van der Waals surface area contributed by atoms with E-state index in [9.17, 15) is 9.59 Å². The first kappa shape index (κ1) is 18.2. The molecule has 1 rings (SSSR count). The Hall–Kier alpha value is -0.893. The van der Waals surface area contributed by atoms with Gasteiger partial charge in [0.15, 0.2) is 12.2 Å². The average molecular weight is 337 g/mol. The number of hydrogen-bond acceptors (Lipinski definition) is 6. The van der Waals surface area contributed by atoms with Gasteiger partial charge in [-0.15, -0.1) is 6.58 Å². The normalized spacial score (nSPS) is 24.1. The van der Waals surface area contributed by atoms with E-state index in [1.807, 2.05) is 0 Å². The quantitative estimate of drug-likeness (QED) is 0.320. The van der Waals surface area contributed by atoms with Gasteiger partial charge in [0.25, 0.3) is 0 Å². The fraction of sp³-hybridized carbons (Fsp3) is 0.692. The van der Waals surface area contributed by atoms with Crippen LogP contribution in [-0.4, -0.2) is 44.2 Å². The minimum atomic E-state index is -3.19. The molecule has 1 aliphatic heterocycles. The van der Waals surface area contributed by atoms with Crippen LogP contribution in [0.3, 0.4) is 0 Å². The van der Waals surface area contributed by atoms with Crippen molar-refractivity contribution in [2.24, 2.45) is 0 Å². The number of rotatable bonds is 6. The molecule has 0 aromatic rings. The number of ether oxygens (including phenoxy) is 2. The Morgan fingerprint density at radius 1 is 1.14 bits per heavy atom. The number of halogens is 1. The van der Waals surface area contributed by atoms with Crippen LogP contribution in [0.2, 0.25) is 6.04 Å². The van der Waals surface area contributed by atoms with Crippen LogP contribution >= 0.6 is 11.1 Å². The monoisotopic (exact) mass is 336 g/mol. The molecular formula is C13H21ClO6Si. The second-order valence-electron chi connectivity index (χ2n) is 5.20.